The van der Waals surface area contributed by atoms with E-state index in [1.165, 1.54) is 43.6 Å². The van der Waals surface area contributed by atoms with E-state index < -0.39 is 10.0 Å². The Morgan fingerprint density at radius 2 is 2.00 bits per heavy atom. The van der Waals surface area contributed by atoms with Crippen LogP contribution in [0.5, 0.6) is 0 Å². The number of thiophene rings is 1. The minimum atomic E-state index is -3.58. The topological polar surface area (TPSA) is 78.5 Å². The van der Waals surface area contributed by atoms with Crippen LogP contribution in [-0.4, -0.2) is 39.3 Å². The van der Waals surface area contributed by atoms with E-state index in [1.807, 2.05) is 24.4 Å². The molecule has 2 rings (SSSR count). The van der Waals surface area contributed by atoms with Crippen molar-refractivity contribution in [3.63, 3.8) is 0 Å². The van der Waals surface area contributed by atoms with Gasteiger partial charge in [-0.05, 0) is 42.6 Å². The van der Waals surface area contributed by atoms with Gasteiger partial charge in [0, 0.05) is 31.6 Å². The zero-order chi connectivity index (χ0) is 18.4. The fourth-order valence-corrected chi connectivity index (χ4v) is 3.61. The summed E-state index contributed by atoms with van der Waals surface area (Å²) in [7, 11) is -0.641. The molecule has 0 unspecified atom stereocenters. The smallest absolute Gasteiger partial charge is 0.248 e. The van der Waals surface area contributed by atoms with Crippen LogP contribution >= 0.6 is 11.3 Å². The van der Waals surface area contributed by atoms with E-state index in [-0.39, 0.29) is 10.8 Å². The Bertz CT molecular complexity index is 857. The molecule has 1 aromatic carbocycles. The molecular formula is C17H21N3O3S2. The summed E-state index contributed by atoms with van der Waals surface area (Å²) in [6.45, 7) is 2.57. The lowest BCUT2D eigenvalue weighted by Gasteiger charge is -2.16. The van der Waals surface area contributed by atoms with Crippen LogP contribution in [0.25, 0.3) is 6.08 Å². The summed E-state index contributed by atoms with van der Waals surface area (Å²) in [6.07, 6.45) is 3.14. The molecule has 134 valence electrons. The molecule has 1 amide bonds. The van der Waals surface area contributed by atoms with Crippen LogP contribution in [0, 0.1) is 0 Å². The van der Waals surface area contributed by atoms with Crippen LogP contribution in [0.15, 0.2) is 46.7 Å². The summed E-state index contributed by atoms with van der Waals surface area (Å²) >= 11 is 1.53. The van der Waals surface area contributed by atoms with Crippen molar-refractivity contribution in [1.82, 2.24) is 4.31 Å². The van der Waals surface area contributed by atoms with Crippen molar-refractivity contribution in [3.8, 4) is 0 Å². The minimum Gasteiger partial charge on any atom is -0.384 e. The predicted octanol–water partition coefficient (Wildman–Crippen LogP) is 3.08. The molecule has 0 saturated heterocycles. The molecule has 0 bridgehead atoms. The Balaban J connectivity index is 2.28. The second-order valence-corrected chi connectivity index (χ2v) is 8.49. The molecule has 6 nitrogen and oxygen atoms in total. The van der Waals surface area contributed by atoms with E-state index in [0.717, 1.165) is 9.18 Å². The van der Waals surface area contributed by atoms with Crippen LogP contribution < -0.4 is 10.6 Å². The van der Waals surface area contributed by atoms with Gasteiger partial charge < -0.3 is 10.6 Å². The Labute approximate surface area is 152 Å². The maximum absolute atomic E-state index is 12.3. The van der Waals surface area contributed by atoms with E-state index in [9.17, 15) is 13.2 Å². The van der Waals surface area contributed by atoms with Gasteiger partial charge in [0.05, 0.1) is 16.3 Å². The van der Waals surface area contributed by atoms with Gasteiger partial charge in [-0.15, -0.1) is 11.3 Å². The van der Waals surface area contributed by atoms with Gasteiger partial charge in [-0.2, -0.15) is 0 Å². The summed E-state index contributed by atoms with van der Waals surface area (Å²) in [5.41, 5.74) is 1.09. The number of carbonyl (C=O) groups excluding carboxylic acids is 1. The summed E-state index contributed by atoms with van der Waals surface area (Å²) in [6, 6.07) is 8.44. The van der Waals surface area contributed by atoms with E-state index in [1.54, 1.807) is 12.1 Å². The summed E-state index contributed by atoms with van der Waals surface area (Å²) in [5.74, 6) is -0.327. The molecule has 1 heterocycles. The van der Waals surface area contributed by atoms with Gasteiger partial charge in [0.1, 0.15) is 0 Å². The first kappa shape index (κ1) is 19.2. The third-order valence-electron chi connectivity index (χ3n) is 3.34. The Kier molecular flexibility index (Phi) is 6.35. The standard InChI is InChI=1S/C17H21N3O3S2/c1-4-18-15-9-8-14(25(22,23)20(2)3)12-16(15)19-17(21)10-7-13-6-5-11-24-13/h5-12,18H,4H2,1-3H3,(H,19,21). The minimum absolute atomic E-state index is 0.122. The average Bonchev–Trinajstić information content (AvgIpc) is 3.08. The van der Waals surface area contributed by atoms with Gasteiger partial charge in [-0.3, -0.25) is 4.79 Å². The lowest BCUT2D eigenvalue weighted by atomic mass is 10.2. The number of carbonyl (C=O) groups is 1. The number of rotatable bonds is 7. The predicted molar refractivity (Wildman–Crippen MR) is 103 cm³/mol. The van der Waals surface area contributed by atoms with Crippen LogP contribution in [0.2, 0.25) is 0 Å². The quantitative estimate of drug-likeness (QED) is 0.725. The number of anilines is 2. The molecule has 0 saturated carbocycles. The first-order valence-corrected chi connectivity index (χ1v) is 9.99. The van der Waals surface area contributed by atoms with E-state index in [0.29, 0.717) is 17.9 Å². The van der Waals surface area contributed by atoms with Gasteiger partial charge in [0.2, 0.25) is 15.9 Å². The van der Waals surface area contributed by atoms with Crippen molar-refractivity contribution < 1.29 is 13.2 Å². The van der Waals surface area contributed by atoms with Crippen molar-refractivity contribution in [3.05, 3.63) is 46.7 Å². The SMILES string of the molecule is CCNc1ccc(S(=O)(=O)N(C)C)cc1NC(=O)C=Cc1cccs1. The van der Waals surface area contributed by atoms with Gasteiger partial charge in [-0.25, -0.2) is 12.7 Å². The first-order valence-electron chi connectivity index (χ1n) is 7.67. The monoisotopic (exact) mass is 379 g/mol. The zero-order valence-electron chi connectivity index (χ0n) is 14.3. The van der Waals surface area contributed by atoms with Gasteiger partial charge in [0.15, 0.2) is 0 Å². The van der Waals surface area contributed by atoms with Crippen molar-refractivity contribution in [2.45, 2.75) is 11.8 Å². The molecule has 1 aromatic heterocycles. The van der Waals surface area contributed by atoms with Gasteiger partial charge in [0.25, 0.3) is 0 Å². The van der Waals surface area contributed by atoms with Crippen molar-refractivity contribution in [1.29, 1.82) is 0 Å². The Morgan fingerprint density at radius 1 is 1.24 bits per heavy atom. The first-order chi connectivity index (χ1) is 11.8. The van der Waals surface area contributed by atoms with Crippen LogP contribution in [0.4, 0.5) is 11.4 Å². The third kappa shape index (κ3) is 4.91. The second kappa shape index (κ2) is 8.28. The molecule has 8 heteroatoms. The maximum atomic E-state index is 12.3. The molecule has 0 aliphatic rings. The summed E-state index contributed by atoms with van der Waals surface area (Å²) < 4.78 is 25.7. The molecule has 0 fully saturated rings. The van der Waals surface area contributed by atoms with Crippen molar-refractivity contribution in [2.75, 3.05) is 31.3 Å². The highest BCUT2D eigenvalue weighted by atomic mass is 32.2. The van der Waals surface area contributed by atoms with Crippen LogP contribution in [-0.2, 0) is 14.8 Å². The molecule has 2 N–H and O–H groups in total. The largest absolute Gasteiger partial charge is 0.384 e. The molecule has 0 aliphatic carbocycles. The number of nitrogens with zero attached hydrogens (tertiary/aromatic N) is 1. The molecule has 2 aromatic rings. The van der Waals surface area contributed by atoms with Crippen LogP contribution in [0.1, 0.15) is 11.8 Å². The highest BCUT2D eigenvalue weighted by molar-refractivity contribution is 7.89. The lowest BCUT2D eigenvalue weighted by Crippen LogP contribution is -2.22. The van der Waals surface area contributed by atoms with Gasteiger partial charge in [-0.1, -0.05) is 6.07 Å². The zero-order valence-corrected chi connectivity index (χ0v) is 15.9. The fraction of sp³-hybridized carbons (Fsp3) is 0.235. The van der Waals surface area contributed by atoms with Crippen molar-refractivity contribution >= 4 is 44.7 Å². The van der Waals surface area contributed by atoms with Crippen molar-refractivity contribution in [2.24, 2.45) is 0 Å². The normalized spacial score (nSPS) is 11.8. The number of amides is 1. The molecule has 0 radical (unpaired) electrons. The van der Waals surface area contributed by atoms with Gasteiger partial charge >= 0.3 is 0 Å². The highest BCUT2D eigenvalue weighted by Gasteiger charge is 2.19. The number of benzene rings is 1. The molecular weight excluding hydrogens is 358 g/mol. The number of sulfonamides is 1. The van der Waals surface area contributed by atoms with E-state index >= 15 is 0 Å². The highest BCUT2D eigenvalue weighted by Crippen LogP contribution is 2.26. The van der Waals surface area contributed by atoms with Crippen LogP contribution in [0.3, 0.4) is 0 Å². The summed E-state index contributed by atoms with van der Waals surface area (Å²) in [5, 5.41) is 7.78. The molecule has 0 atom stereocenters. The third-order valence-corrected chi connectivity index (χ3v) is 5.99. The fourth-order valence-electron chi connectivity index (χ4n) is 2.06. The maximum Gasteiger partial charge on any atom is 0.248 e. The van der Waals surface area contributed by atoms with E-state index in [2.05, 4.69) is 10.6 Å². The summed E-state index contributed by atoms with van der Waals surface area (Å²) in [4.78, 5) is 13.3. The molecule has 0 aliphatic heterocycles. The number of hydrogen-bond acceptors (Lipinski definition) is 5. The van der Waals surface area contributed by atoms with E-state index in [4.69, 9.17) is 0 Å². The Hall–Kier alpha value is -2.16. The number of hydrogen-bond donors (Lipinski definition) is 2. The average molecular weight is 380 g/mol. The number of nitrogens with one attached hydrogen (secondary N) is 2. The Morgan fingerprint density at radius 3 is 2.60 bits per heavy atom. The molecule has 0 spiro atoms. The second-order valence-electron chi connectivity index (χ2n) is 5.36. The molecule has 25 heavy (non-hydrogen) atoms. The lowest BCUT2D eigenvalue weighted by molar-refractivity contribution is -0.111.